The summed E-state index contributed by atoms with van der Waals surface area (Å²) >= 11 is 0. The molecule has 4 rings (SSSR count). The van der Waals surface area contributed by atoms with Gasteiger partial charge in [-0.15, -0.1) is 0 Å². The van der Waals surface area contributed by atoms with Crippen LogP contribution in [0, 0.1) is 22.7 Å². The van der Waals surface area contributed by atoms with Gasteiger partial charge in [0.05, 0.1) is 6.20 Å². The molecule has 3 aliphatic rings. The highest BCUT2D eigenvalue weighted by molar-refractivity contribution is 5.31. The lowest BCUT2D eigenvalue weighted by Gasteiger charge is -2.47. The number of aliphatic hydroxyl groups excluding tert-OH is 2. The Kier molecular flexibility index (Phi) is 5.13. The van der Waals surface area contributed by atoms with Crippen LogP contribution in [0.4, 0.5) is 0 Å². The van der Waals surface area contributed by atoms with Gasteiger partial charge < -0.3 is 14.7 Å². The molecule has 2 N–H and O–H groups in total. The minimum atomic E-state index is 0.165. The molecule has 1 aromatic heterocycles. The zero-order valence-electron chi connectivity index (χ0n) is 16.1. The molecule has 0 saturated heterocycles. The number of aliphatic hydroxyl groups is 2. The second-order valence-corrected chi connectivity index (χ2v) is 8.95. The van der Waals surface area contributed by atoms with E-state index in [9.17, 15) is 5.11 Å². The van der Waals surface area contributed by atoms with Crippen LogP contribution in [0.1, 0.15) is 64.2 Å². The summed E-state index contributed by atoms with van der Waals surface area (Å²) in [4.78, 5) is 0. The summed E-state index contributed by atoms with van der Waals surface area (Å²) in [6.45, 7) is 7.49. The normalized spacial score (nSPS) is 33.4. The molecule has 3 unspecified atom stereocenters. The van der Waals surface area contributed by atoms with Crippen molar-refractivity contribution in [3.05, 3.63) is 28.7 Å². The van der Waals surface area contributed by atoms with Crippen molar-refractivity contribution in [1.29, 1.82) is 0 Å². The molecule has 3 atom stereocenters. The topological polar surface area (TPSA) is 66.5 Å². The molecule has 0 saturated carbocycles. The molecule has 0 aromatic carbocycles. The molecule has 140 valence electrons. The fourth-order valence-corrected chi connectivity index (χ4v) is 5.62. The summed E-state index contributed by atoms with van der Waals surface area (Å²) in [6, 6.07) is 0. The number of rotatable bonds is 2. The molecule has 0 bridgehead atoms. The summed E-state index contributed by atoms with van der Waals surface area (Å²) in [5.41, 5.74) is 5.34. The predicted molar refractivity (Wildman–Crippen MR) is 98.1 cm³/mol. The lowest BCUT2D eigenvalue weighted by molar-refractivity contribution is 0.0239. The maximum Gasteiger partial charge on any atom is 0.140 e. The SMILES string of the molecule is CC1(C)CCC2=C1CCC(C1(C)Cc3cnoc3CC1CO)C2.CO. The van der Waals surface area contributed by atoms with Gasteiger partial charge in [-0.3, -0.25) is 0 Å². The van der Waals surface area contributed by atoms with Crippen LogP contribution in [0.5, 0.6) is 0 Å². The van der Waals surface area contributed by atoms with E-state index in [1.165, 1.54) is 37.7 Å². The van der Waals surface area contributed by atoms with Crippen LogP contribution in [0.25, 0.3) is 0 Å². The first kappa shape index (κ1) is 18.7. The molecule has 0 spiro atoms. The Morgan fingerprint density at radius 1 is 1.20 bits per heavy atom. The number of nitrogens with zero attached hydrogens (tertiary/aromatic N) is 1. The van der Waals surface area contributed by atoms with Crippen molar-refractivity contribution in [3.63, 3.8) is 0 Å². The van der Waals surface area contributed by atoms with Gasteiger partial charge in [-0.1, -0.05) is 37.1 Å². The van der Waals surface area contributed by atoms with Crippen molar-refractivity contribution in [2.75, 3.05) is 13.7 Å². The molecule has 0 aliphatic heterocycles. The number of hydrogen-bond acceptors (Lipinski definition) is 4. The van der Waals surface area contributed by atoms with Gasteiger partial charge in [0.15, 0.2) is 0 Å². The first-order valence-electron chi connectivity index (χ1n) is 9.63. The molecule has 0 fully saturated rings. The highest BCUT2D eigenvalue weighted by Crippen LogP contribution is 2.56. The Bertz CT molecular complexity index is 645. The van der Waals surface area contributed by atoms with Crippen molar-refractivity contribution >= 4 is 0 Å². The fourth-order valence-electron chi connectivity index (χ4n) is 5.62. The molecular weight excluding hydrogens is 314 g/mol. The molecular formula is C21H33NO3. The molecule has 1 heterocycles. The van der Waals surface area contributed by atoms with Crippen molar-refractivity contribution in [2.45, 2.75) is 65.7 Å². The Balaban J connectivity index is 0.000000880. The van der Waals surface area contributed by atoms with Gasteiger partial charge in [0.1, 0.15) is 5.76 Å². The largest absolute Gasteiger partial charge is 0.400 e. The summed E-state index contributed by atoms with van der Waals surface area (Å²) in [5, 5.41) is 21.0. The van der Waals surface area contributed by atoms with Gasteiger partial charge in [0.25, 0.3) is 0 Å². The lowest BCUT2D eigenvalue weighted by Crippen LogP contribution is -2.44. The molecule has 0 amide bonds. The monoisotopic (exact) mass is 347 g/mol. The van der Waals surface area contributed by atoms with Crippen LogP contribution in [-0.4, -0.2) is 29.1 Å². The molecule has 4 heteroatoms. The predicted octanol–water partition coefficient (Wildman–Crippen LogP) is 3.91. The molecule has 0 radical (unpaired) electrons. The van der Waals surface area contributed by atoms with E-state index in [-0.39, 0.29) is 12.0 Å². The van der Waals surface area contributed by atoms with Crippen molar-refractivity contribution < 1.29 is 14.7 Å². The van der Waals surface area contributed by atoms with Crippen molar-refractivity contribution in [2.24, 2.45) is 22.7 Å². The van der Waals surface area contributed by atoms with Gasteiger partial charge >= 0.3 is 0 Å². The highest BCUT2D eigenvalue weighted by atomic mass is 16.5. The summed E-state index contributed by atoms with van der Waals surface area (Å²) in [7, 11) is 1.00. The zero-order chi connectivity index (χ0) is 18.2. The Morgan fingerprint density at radius 2 is 1.96 bits per heavy atom. The Morgan fingerprint density at radius 3 is 2.68 bits per heavy atom. The van der Waals surface area contributed by atoms with Crippen molar-refractivity contribution in [1.82, 2.24) is 5.16 Å². The number of fused-ring (bicyclic) bond motifs is 1. The first-order valence-corrected chi connectivity index (χ1v) is 9.63. The van der Waals surface area contributed by atoms with Crippen LogP contribution in [0.15, 0.2) is 21.9 Å². The van der Waals surface area contributed by atoms with E-state index in [0.29, 0.717) is 17.3 Å². The molecule has 3 aliphatic carbocycles. The van der Waals surface area contributed by atoms with E-state index in [2.05, 4.69) is 25.9 Å². The zero-order valence-corrected chi connectivity index (χ0v) is 16.1. The quantitative estimate of drug-likeness (QED) is 0.796. The number of allylic oxidation sites excluding steroid dienone is 2. The second kappa shape index (κ2) is 6.88. The average molecular weight is 347 g/mol. The highest BCUT2D eigenvalue weighted by Gasteiger charge is 2.48. The van der Waals surface area contributed by atoms with Gasteiger partial charge in [-0.25, -0.2) is 0 Å². The fraction of sp³-hybridized carbons (Fsp3) is 0.762. The van der Waals surface area contributed by atoms with Crippen LogP contribution < -0.4 is 0 Å². The summed E-state index contributed by atoms with van der Waals surface area (Å²) in [6.07, 6.45) is 10.1. The number of aromatic nitrogens is 1. The van der Waals surface area contributed by atoms with E-state index < -0.39 is 0 Å². The summed E-state index contributed by atoms with van der Waals surface area (Å²) in [5.74, 6) is 1.97. The smallest absolute Gasteiger partial charge is 0.140 e. The second-order valence-electron chi connectivity index (χ2n) is 8.95. The third-order valence-electron chi connectivity index (χ3n) is 7.35. The van der Waals surface area contributed by atoms with Crippen LogP contribution >= 0.6 is 0 Å². The molecule has 4 nitrogen and oxygen atoms in total. The summed E-state index contributed by atoms with van der Waals surface area (Å²) < 4.78 is 5.39. The minimum Gasteiger partial charge on any atom is -0.400 e. The Hall–Kier alpha value is -1.13. The van der Waals surface area contributed by atoms with E-state index in [0.717, 1.165) is 25.7 Å². The molecule has 25 heavy (non-hydrogen) atoms. The minimum absolute atomic E-state index is 0.165. The Labute approximate surface area is 151 Å². The third-order valence-corrected chi connectivity index (χ3v) is 7.35. The first-order chi connectivity index (χ1) is 11.9. The van der Waals surface area contributed by atoms with Crippen LogP contribution in [0.2, 0.25) is 0 Å². The third kappa shape index (κ3) is 3.08. The standard InChI is InChI=1S/C20H29NO2.CH4O/c1-19(2)7-6-13-8-15(4-5-17(13)19)20(3)10-14-11-21-23-18(14)9-16(20)12-22;1-2/h11,15-16,22H,4-10,12H2,1-3H3;2H,1H3. The van der Waals surface area contributed by atoms with Crippen LogP contribution in [0.3, 0.4) is 0 Å². The average Bonchev–Trinajstić information content (AvgIpc) is 3.19. The van der Waals surface area contributed by atoms with Gasteiger partial charge in [0, 0.05) is 25.7 Å². The maximum absolute atomic E-state index is 10.0. The van der Waals surface area contributed by atoms with Gasteiger partial charge in [-0.2, -0.15) is 0 Å². The molecule has 1 aromatic rings. The van der Waals surface area contributed by atoms with Crippen molar-refractivity contribution in [3.8, 4) is 0 Å². The van der Waals surface area contributed by atoms with Crippen LogP contribution in [-0.2, 0) is 12.8 Å². The number of hydrogen-bond donors (Lipinski definition) is 2. The van der Waals surface area contributed by atoms with E-state index in [4.69, 9.17) is 9.63 Å². The maximum atomic E-state index is 10.0. The lowest BCUT2D eigenvalue weighted by atomic mass is 9.57. The van der Waals surface area contributed by atoms with E-state index in [1.807, 2.05) is 6.20 Å². The van der Waals surface area contributed by atoms with E-state index in [1.54, 1.807) is 11.1 Å². The van der Waals surface area contributed by atoms with E-state index >= 15 is 0 Å². The van der Waals surface area contributed by atoms with Gasteiger partial charge in [0.2, 0.25) is 0 Å². The van der Waals surface area contributed by atoms with Gasteiger partial charge in [-0.05, 0) is 61.2 Å².